The first kappa shape index (κ1) is 17.7. The molecule has 0 spiro atoms. The summed E-state index contributed by atoms with van der Waals surface area (Å²) >= 11 is 0. The molecule has 2 aromatic carbocycles. The van der Waals surface area contributed by atoms with E-state index in [-0.39, 0.29) is 23.4 Å². The molecule has 4 rings (SSSR count). The number of para-hydroxylation sites is 1. The molecule has 138 valence electrons. The normalized spacial score (nSPS) is 23.2. The van der Waals surface area contributed by atoms with Gasteiger partial charge in [-0.1, -0.05) is 55.0 Å². The van der Waals surface area contributed by atoms with Crippen molar-refractivity contribution in [1.82, 2.24) is 0 Å². The quantitative estimate of drug-likeness (QED) is 0.773. The Labute approximate surface area is 159 Å². The Kier molecular flexibility index (Phi) is 4.65. The van der Waals surface area contributed by atoms with Gasteiger partial charge in [0.15, 0.2) is 5.78 Å². The van der Waals surface area contributed by atoms with E-state index in [0.29, 0.717) is 18.4 Å². The first-order valence-electron chi connectivity index (χ1n) is 9.58. The number of hydrogen-bond donors (Lipinski definition) is 0. The van der Waals surface area contributed by atoms with Gasteiger partial charge in [0.2, 0.25) is 5.91 Å². The van der Waals surface area contributed by atoms with E-state index in [1.54, 1.807) is 24.1 Å². The van der Waals surface area contributed by atoms with E-state index in [4.69, 9.17) is 0 Å². The average molecular weight is 361 g/mol. The minimum absolute atomic E-state index is 0.0937. The predicted octanol–water partition coefficient (Wildman–Crippen LogP) is 4.01. The van der Waals surface area contributed by atoms with Gasteiger partial charge in [-0.05, 0) is 24.5 Å². The van der Waals surface area contributed by atoms with E-state index in [9.17, 15) is 14.4 Å². The number of rotatable bonds is 4. The highest BCUT2D eigenvalue weighted by Gasteiger charge is 2.48. The molecule has 1 heterocycles. The van der Waals surface area contributed by atoms with Gasteiger partial charge in [-0.2, -0.15) is 0 Å². The van der Waals surface area contributed by atoms with Gasteiger partial charge in [-0.25, -0.2) is 0 Å². The number of nitrogens with zero attached hydrogens (tertiary/aromatic N) is 1. The lowest BCUT2D eigenvalue weighted by Crippen LogP contribution is -2.40. The second kappa shape index (κ2) is 7.10. The van der Waals surface area contributed by atoms with Crippen molar-refractivity contribution in [3.8, 4) is 0 Å². The molecule has 1 aliphatic heterocycles. The number of likely N-dealkylation sites (N-methyl/N-ethyl adjacent to an activating group) is 1. The van der Waals surface area contributed by atoms with Gasteiger partial charge in [-0.15, -0.1) is 0 Å². The Morgan fingerprint density at radius 3 is 2.44 bits per heavy atom. The zero-order valence-electron chi connectivity index (χ0n) is 15.4. The summed E-state index contributed by atoms with van der Waals surface area (Å²) in [6.45, 7) is 0. The third-order valence-corrected chi connectivity index (χ3v) is 5.99. The molecule has 27 heavy (non-hydrogen) atoms. The van der Waals surface area contributed by atoms with Crippen LogP contribution in [0.2, 0.25) is 0 Å². The Hall–Kier alpha value is -2.75. The van der Waals surface area contributed by atoms with Crippen LogP contribution in [0, 0.1) is 11.8 Å². The van der Waals surface area contributed by atoms with Gasteiger partial charge in [0.05, 0.1) is 5.92 Å². The van der Waals surface area contributed by atoms with Crippen molar-refractivity contribution in [2.75, 3.05) is 11.9 Å². The largest absolute Gasteiger partial charge is 0.315 e. The van der Waals surface area contributed by atoms with E-state index in [1.807, 2.05) is 42.5 Å². The SMILES string of the molecule is CN1C(=O)[C@H]([C@@H](C(=O)c2ccccc2)[C@H]2CCCCC2=O)c2ccccc21. The van der Waals surface area contributed by atoms with Crippen molar-refractivity contribution in [1.29, 1.82) is 0 Å². The lowest BCUT2D eigenvalue weighted by Gasteiger charge is -2.31. The molecule has 1 saturated carbocycles. The van der Waals surface area contributed by atoms with Gasteiger partial charge in [0.25, 0.3) is 0 Å². The van der Waals surface area contributed by atoms with Crippen molar-refractivity contribution in [3.63, 3.8) is 0 Å². The molecule has 2 aliphatic rings. The number of Topliss-reactive ketones (excluding diaryl/α,β-unsaturated/α-hetero) is 2. The molecule has 4 heteroatoms. The topological polar surface area (TPSA) is 54.5 Å². The highest BCUT2D eigenvalue weighted by atomic mass is 16.2. The second-order valence-electron chi connectivity index (χ2n) is 7.51. The summed E-state index contributed by atoms with van der Waals surface area (Å²) in [5.41, 5.74) is 2.26. The predicted molar refractivity (Wildman–Crippen MR) is 104 cm³/mol. The molecule has 4 nitrogen and oxygen atoms in total. The lowest BCUT2D eigenvalue weighted by atomic mass is 9.69. The van der Waals surface area contributed by atoms with Gasteiger partial charge < -0.3 is 4.90 Å². The van der Waals surface area contributed by atoms with Crippen LogP contribution in [0.5, 0.6) is 0 Å². The third kappa shape index (κ3) is 2.99. The number of carbonyl (C=O) groups is 3. The van der Waals surface area contributed by atoms with Crippen molar-refractivity contribution in [2.45, 2.75) is 31.6 Å². The Bertz CT molecular complexity index is 890. The molecule has 3 atom stereocenters. The summed E-state index contributed by atoms with van der Waals surface area (Å²) in [7, 11) is 1.74. The van der Waals surface area contributed by atoms with Crippen LogP contribution in [-0.4, -0.2) is 24.5 Å². The van der Waals surface area contributed by atoms with E-state index in [1.165, 1.54) is 0 Å². The fourth-order valence-electron chi connectivity index (χ4n) is 4.61. The van der Waals surface area contributed by atoms with Crippen LogP contribution >= 0.6 is 0 Å². The third-order valence-electron chi connectivity index (χ3n) is 5.99. The molecule has 0 saturated heterocycles. The van der Waals surface area contributed by atoms with E-state index < -0.39 is 11.8 Å². The fraction of sp³-hybridized carbons (Fsp3) is 0.348. The molecule has 1 aliphatic carbocycles. The summed E-state index contributed by atoms with van der Waals surface area (Å²) in [6, 6.07) is 16.7. The van der Waals surface area contributed by atoms with Crippen molar-refractivity contribution < 1.29 is 14.4 Å². The first-order valence-corrected chi connectivity index (χ1v) is 9.58. The van der Waals surface area contributed by atoms with Crippen LogP contribution < -0.4 is 4.90 Å². The lowest BCUT2D eigenvalue weighted by molar-refractivity contribution is -0.127. The maximum atomic E-state index is 13.5. The van der Waals surface area contributed by atoms with Crippen LogP contribution in [-0.2, 0) is 9.59 Å². The molecule has 0 aromatic heterocycles. The zero-order valence-corrected chi connectivity index (χ0v) is 15.4. The average Bonchev–Trinajstić information content (AvgIpc) is 2.96. The number of amides is 1. The van der Waals surface area contributed by atoms with Gasteiger partial charge in [0, 0.05) is 36.6 Å². The standard InChI is InChI=1S/C23H23NO3/c1-24-18-13-7-5-11-16(18)21(23(24)27)20(17-12-6-8-14-19(17)25)22(26)15-9-3-2-4-10-15/h2-5,7,9-11,13,17,20-21H,6,8,12,14H2,1H3/t17-,20-,21-/m0/s1. The van der Waals surface area contributed by atoms with Gasteiger partial charge in [0.1, 0.15) is 5.78 Å². The zero-order chi connectivity index (χ0) is 19.0. The summed E-state index contributed by atoms with van der Waals surface area (Å²) in [6.07, 6.45) is 2.98. The summed E-state index contributed by atoms with van der Waals surface area (Å²) in [5.74, 6) is -1.69. The van der Waals surface area contributed by atoms with Crippen LogP contribution in [0.4, 0.5) is 5.69 Å². The molecule has 0 N–H and O–H groups in total. The Morgan fingerprint density at radius 1 is 1.00 bits per heavy atom. The molecule has 1 amide bonds. The summed E-state index contributed by atoms with van der Waals surface area (Å²) in [5, 5.41) is 0. The number of ketones is 2. The van der Waals surface area contributed by atoms with E-state index in [2.05, 4.69) is 0 Å². The highest BCUT2D eigenvalue weighted by Crippen LogP contribution is 2.46. The Morgan fingerprint density at radius 2 is 1.70 bits per heavy atom. The van der Waals surface area contributed by atoms with E-state index >= 15 is 0 Å². The van der Waals surface area contributed by atoms with Crippen molar-refractivity contribution >= 4 is 23.2 Å². The molecule has 1 fully saturated rings. The molecular weight excluding hydrogens is 338 g/mol. The fourth-order valence-corrected chi connectivity index (χ4v) is 4.61. The Balaban J connectivity index is 1.82. The van der Waals surface area contributed by atoms with Crippen LogP contribution in [0.1, 0.15) is 47.5 Å². The van der Waals surface area contributed by atoms with Crippen LogP contribution in [0.15, 0.2) is 54.6 Å². The molecular formula is C23H23NO3. The molecule has 0 radical (unpaired) electrons. The number of benzene rings is 2. The molecule has 0 bridgehead atoms. The number of fused-ring (bicyclic) bond motifs is 1. The van der Waals surface area contributed by atoms with Gasteiger partial charge >= 0.3 is 0 Å². The van der Waals surface area contributed by atoms with Gasteiger partial charge in [-0.3, -0.25) is 14.4 Å². The summed E-state index contributed by atoms with van der Waals surface area (Å²) < 4.78 is 0. The number of anilines is 1. The second-order valence-corrected chi connectivity index (χ2v) is 7.51. The first-order chi connectivity index (χ1) is 13.1. The van der Waals surface area contributed by atoms with E-state index in [0.717, 1.165) is 24.1 Å². The maximum absolute atomic E-state index is 13.5. The number of carbonyl (C=O) groups excluding carboxylic acids is 3. The monoisotopic (exact) mass is 361 g/mol. The molecule has 0 unspecified atom stereocenters. The van der Waals surface area contributed by atoms with Crippen molar-refractivity contribution in [2.24, 2.45) is 11.8 Å². The summed E-state index contributed by atoms with van der Waals surface area (Å²) in [4.78, 5) is 41.0. The minimum atomic E-state index is -0.640. The van der Waals surface area contributed by atoms with Crippen LogP contribution in [0.3, 0.4) is 0 Å². The van der Waals surface area contributed by atoms with Crippen molar-refractivity contribution in [3.05, 3.63) is 65.7 Å². The molecule has 2 aromatic rings. The highest BCUT2D eigenvalue weighted by molar-refractivity contribution is 6.11. The maximum Gasteiger partial charge on any atom is 0.235 e. The number of hydrogen-bond acceptors (Lipinski definition) is 3. The van der Waals surface area contributed by atoms with Crippen LogP contribution in [0.25, 0.3) is 0 Å². The minimum Gasteiger partial charge on any atom is -0.315 e. The smallest absolute Gasteiger partial charge is 0.235 e.